The lowest BCUT2D eigenvalue weighted by atomic mass is 9.85. The smallest absolute Gasteiger partial charge is 0.189 e. The minimum atomic E-state index is -0.0167. The van der Waals surface area contributed by atoms with Gasteiger partial charge < -0.3 is 11.1 Å². The molecule has 2 aliphatic rings. The van der Waals surface area contributed by atoms with Crippen molar-refractivity contribution in [2.45, 2.75) is 31.2 Å². The lowest BCUT2D eigenvalue weighted by Gasteiger charge is -2.30. The minimum absolute atomic E-state index is 0.0167. The second kappa shape index (κ2) is 3.51. The Labute approximate surface area is 95.8 Å². The zero-order chi connectivity index (χ0) is 11.0. The molecule has 16 heavy (non-hydrogen) atoms. The van der Waals surface area contributed by atoms with Crippen molar-refractivity contribution in [1.82, 2.24) is 5.32 Å². The van der Waals surface area contributed by atoms with E-state index in [1.165, 1.54) is 30.4 Å². The molecule has 0 aromatic heterocycles. The van der Waals surface area contributed by atoms with E-state index >= 15 is 0 Å². The third-order valence-electron chi connectivity index (χ3n) is 3.72. The van der Waals surface area contributed by atoms with E-state index in [-0.39, 0.29) is 5.54 Å². The second-order valence-corrected chi connectivity index (χ2v) is 4.77. The molecule has 1 aliphatic heterocycles. The minimum Gasteiger partial charge on any atom is -0.370 e. The standard InChI is InChI=1S/C13H17N3/c14-12-15-9-13(16-12)8-4-3-6-10-5-1-2-7-11(10)13/h1-2,5,7H,3-4,6,8-9H2,(H3,14,15,16). The van der Waals surface area contributed by atoms with E-state index in [1.807, 2.05) is 0 Å². The highest BCUT2D eigenvalue weighted by atomic mass is 15.2. The van der Waals surface area contributed by atoms with Crippen LogP contribution in [0.5, 0.6) is 0 Å². The maximum absolute atomic E-state index is 5.79. The van der Waals surface area contributed by atoms with Crippen LogP contribution in [0.2, 0.25) is 0 Å². The monoisotopic (exact) mass is 215 g/mol. The molecule has 0 radical (unpaired) electrons. The number of fused-ring (bicyclic) bond motifs is 2. The third-order valence-corrected chi connectivity index (χ3v) is 3.72. The van der Waals surface area contributed by atoms with Gasteiger partial charge in [0.25, 0.3) is 0 Å². The van der Waals surface area contributed by atoms with Crippen molar-refractivity contribution in [3.8, 4) is 0 Å². The number of nitrogens with one attached hydrogen (secondary N) is 1. The Morgan fingerprint density at radius 1 is 1.25 bits per heavy atom. The lowest BCUT2D eigenvalue weighted by Crippen LogP contribution is -2.45. The summed E-state index contributed by atoms with van der Waals surface area (Å²) in [4.78, 5) is 4.34. The molecule has 1 unspecified atom stereocenters. The van der Waals surface area contributed by atoms with E-state index in [0.717, 1.165) is 13.0 Å². The van der Waals surface area contributed by atoms with Crippen molar-refractivity contribution in [2.24, 2.45) is 10.7 Å². The molecule has 3 rings (SSSR count). The van der Waals surface area contributed by atoms with Crippen molar-refractivity contribution in [3.63, 3.8) is 0 Å². The molecule has 3 N–H and O–H groups in total. The van der Waals surface area contributed by atoms with Crippen LogP contribution in [0.15, 0.2) is 29.3 Å². The van der Waals surface area contributed by atoms with Gasteiger partial charge in [-0.1, -0.05) is 30.7 Å². The summed E-state index contributed by atoms with van der Waals surface area (Å²) >= 11 is 0. The quantitative estimate of drug-likeness (QED) is 0.689. The number of nitrogens with zero attached hydrogens (tertiary/aromatic N) is 1. The van der Waals surface area contributed by atoms with Crippen LogP contribution in [-0.4, -0.2) is 12.5 Å². The average molecular weight is 215 g/mol. The van der Waals surface area contributed by atoms with Crippen LogP contribution in [0.3, 0.4) is 0 Å². The number of guanidine groups is 1. The molecule has 1 atom stereocenters. The van der Waals surface area contributed by atoms with Gasteiger partial charge in [-0.3, -0.25) is 4.99 Å². The third kappa shape index (κ3) is 1.39. The number of rotatable bonds is 0. The summed E-state index contributed by atoms with van der Waals surface area (Å²) in [5, 5.41) is 3.39. The fourth-order valence-electron chi connectivity index (χ4n) is 2.92. The Kier molecular flexibility index (Phi) is 2.13. The molecule has 0 saturated heterocycles. The number of nitrogens with two attached hydrogens (primary N) is 1. The largest absolute Gasteiger partial charge is 0.370 e. The van der Waals surface area contributed by atoms with E-state index in [4.69, 9.17) is 5.73 Å². The van der Waals surface area contributed by atoms with Crippen molar-refractivity contribution < 1.29 is 0 Å². The van der Waals surface area contributed by atoms with Crippen LogP contribution in [0.1, 0.15) is 30.4 Å². The predicted octanol–water partition coefficient (Wildman–Crippen LogP) is 1.53. The van der Waals surface area contributed by atoms with Crippen molar-refractivity contribution in [3.05, 3.63) is 35.4 Å². The fraction of sp³-hybridized carbons (Fsp3) is 0.462. The van der Waals surface area contributed by atoms with Crippen molar-refractivity contribution >= 4 is 5.96 Å². The van der Waals surface area contributed by atoms with E-state index in [2.05, 4.69) is 34.6 Å². The molecule has 0 saturated carbocycles. The lowest BCUT2D eigenvalue weighted by molar-refractivity contribution is 0.390. The molecule has 84 valence electrons. The topological polar surface area (TPSA) is 50.4 Å². The highest BCUT2D eigenvalue weighted by Crippen LogP contribution is 2.36. The molecule has 3 heteroatoms. The van der Waals surface area contributed by atoms with Crippen molar-refractivity contribution in [2.75, 3.05) is 6.54 Å². The van der Waals surface area contributed by atoms with Crippen LogP contribution in [0.4, 0.5) is 0 Å². The second-order valence-electron chi connectivity index (χ2n) is 4.77. The Bertz CT molecular complexity index is 439. The molecule has 0 bridgehead atoms. The van der Waals surface area contributed by atoms with Gasteiger partial charge in [-0.25, -0.2) is 0 Å². The molecule has 1 aliphatic carbocycles. The van der Waals surface area contributed by atoms with E-state index < -0.39 is 0 Å². The zero-order valence-electron chi connectivity index (χ0n) is 9.37. The van der Waals surface area contributed by atoms with Crippen molar-refractivity contribution in [1.29, 1.82) is 0 Å². The van der Waals surface area contributed by atoms with Gasteiger partial charge in [0.1, 0.15) is 0 Å². The van der Waals surface area contributed by atoms with Crippen LogP contribution in [0, 0.1) is 0 Å². The summed E-state index contributed by atoms with van der Waals surface area (Å²) in [5.41, 5.74) is 8.63. The average Bonchev–Trinajstić information content (AvgIpc) is 2.58. The fourth-order valence-corrected chi connectivity index (χ4v) is 2.92. The molecular formula is C13H17N3. The first-order valence-electron chi connectivity index (χ1n) is 5.97. The number of benzene rings is 1. The van der Waals surface area contributed by atoms with E-state index in [9.17, 15) is 0 Å². The maximum Gasteiger partial charge on any atom is 0.189 e. The van der Waals surface area contributed by atoms with Gasteiger partial charge in [-0.2, -0.15) is 0 Å². The Balaban J connectivity index is 2.07. The van der Waals surface area contributed by atoms with Crippen LogP contribution < -0.4 is 11.1 Å². The molecule has 0 fully saturated rings. The molecule has 1 aromatic rings. The first-order chi connectivity index (χ1) is 7.80. The number of hydrogen-bond donors (Lipinski definition) is 2. The number of aryl methyl sites for hydroxylation is 1. The summed E-state index contributed by atoms with van der Waals surface area (Å²) in [6.07, 6.45) is 4.82. The van der Waals surface area contributed by atoms with Gasteiger partial charge in [0.2, 0.25) is 0 Å². The molecule has 1 spiro atoms. The first kappa shape index (κ1) is 9.70. The molecule has 1 heterocycles. The Morgan fingerprint density at radius 3 is 2.94 bits per heavy atom. The van der Waals surface area contributed by atoms with Crippen LogP contribution in [0.25, 0.3) is 0 Å². The van der Waals surface area contributed by atoms with Crippen LogP contribution >= 0.6 is 0 Å². The maximum atomic E-state index is 5.79. The predicted molar refractivity (Wildman–Crippen MR) is 65.3 cm³/mol. The summed E-state index contributed by atoms with van der Waals surface area (Å²) in [7, 11) is 0. The summed E-state index contributed by atoms with van der Waals surface area (Å²) in [6, 6.07) is 8.69. The Morgan fingerprint density at radius 2 is 2.12 bits per heavy atom. The number of aliphatic imine (C=N–C) groups is 1. The van der Waals surface area contributed by atoms with Gasteiger partial charge in [0, 0.05) is 0 Å². The number of hydrogen-bond acceptors (Lipinski definition) is 3. The van der Waals surface area contributed by atoms with Gasteiger partial charge in [-0.15, -0.1) is 0 Å². The van der Waals surface area contributed by atoms with Gasteiger partial charge in [0.05, 0.1) is 12.1 Å². The molecule has 0 amide bonds. The van der Waals surface area contributed by atoms with Gasteiger partial charge in [0.15, 0.2) is 5.96 Å². The molecule has 3 nitrogen and oxygen atoms in total. The highest BCUT2D eigenvalue weighted by molar-refractivity contribution is 5.81. The SMILES string of the molecule is NC1=NCC2(CCCCc3ccccc32)N1. The van der Waals surface area contributed by atoms with E-state index in [1.54, 1.807) is 0 Å². The summed E-state index contributed by atoms with van der Waals surface area (Å²) in [6.45, 7) is 0.788. The van der Waals surface area contributed by atoms with Gasteiger partial charge in [-0.05, 0) is 30.4 Å². The van der Waals surface area contributed by atoms with Gasteiger partial charge >= 0.3 is 0 Å². The first-order valence-corrected chi connectivity index (χ1v) is 5.97. The highest BCUT2D eigenvalue weighted by Gasteiger charge is 2.38. The van der Waals surface area contributed by atoms with Crippen LogP contribution in [-0.2, 0) is 12.0 Å². The summed E-state index contributed by atoms with van der Waals surface area (Å²) in [5.74, 6) is 0.594. The Hall–Kier alpha value is -1.51. The summed E-state index contributed by atoms with van der Waals surface area (Å²) < 4.78 is 0. The van der Waals surface area contributed by atoms with E-state index in [0.29, 0.717) is 5.96 Å². The molecule has 1 aromatic carbocycles. The zero-order valence-corrected chi connectivity index (χ0v) is 9.37. The molecular weight excluding hydrogens is 198 g/mol. The normalized spacial score (nSPS) is 28.1.